The molecule has 0 aliphatic rings. The Morgan fingerprint density at radius 2 is 1.78 bits per heavy atom. The van der Waals surface area contributed by atoms with Crippen molar-refractivity contribution >= 4 is 43.5 Å². The maximum atomic E-state index is 12.1. The number of aryl methyl sites for hydroxylation is 1. The summed E-state index contributed by atoms with van der Waals surface area (Å²) in [7, 11) is 0. The van der Waals surface area contributed by atoms with Crippen LogP contribution in [0.4, 0.5) is 5.69 Å². The van der Waals surface area contributed by atoms with Crippen LogP contribution in [0.25, 0.3) is 0 Å². The minimum Gasteiger partial charge on any atom is -0.321 e. The summed E-state index contributed by atoms with van der Waals surface area (Å²) >= 11 is 6.81. The third kappa shape index (κ3) is 3.00. The van der Waals surface area contributed by atoms with Crippen molar-refractivity contribution in [3.8, 4) is 0 Å². The maximum Gasteiger partial charge on any atom is 0.256 e. The van der Waals surface area contributed by atoms with Crippen molar-refractivity contribution < 1.29 is 4.79 Å². The Morgan fingerprint density at radius 3 is 2.44 bits per heavy atom. The van der Waals surface area contributed by atoms with E-state index in [0.29, 0.717) is 5.56 Å². The number of rotatable bonds is 2. The van der Waals surface area contributed by atoms with Crippen LogP contribution in [-0.2, 0) is 0 Å². The van der Waals surface area contributed by atoms with E-state index in [1.54, 1.807) is 6.07 Å². The number of nitrogens with one attached hydrogen (secondary N) is 1. The third-order valence-corrected chi connectivity index (χ3v) is 3.84. The van der Waals surface area contributed by atoms with Crippen molar-refractivity contribution in [1.82, 2.24) is 0 Å². The van der Waals surface area contributed by atoms with E-state index in [1.165, 1.54) is 0 Å². The van der Waals surface area contributed by atoms with Crippen molar-refractivity contribution in [2.75, 3.05) is 5.32 Å². The van der Waals surface area contributed by atoms with Gasteiger partial charge in [-0.1, -0.05) is 18.2 Å². The van der Waals surface area contributed by atoms with Crippen molar-refractivity contribution in [2.45, 2.75) is 6.92 Å². The average Bonchev–Trinajstić information content (AvgIpc) is 2.33. The summed E-state index contributed by atoms with van der Waals surface area (Å²) in [4.78, 5) is 12.1. The van der Waals surface area contributed by atoms with Crippen LogP contribution in [0.15, 0.2) is 51.4 Å². The average molecular weight is 369 g/mol. The van der Waals surface area contributed by atoms with Crippen molar-refractivity contribution in [3.05, 3.63) is 62.5 Å². The predicted molar refractivity (Wildman–Crippen MR) is 81.0 cm³/mol. The Morgan fingerprint density at radius 1 is 1.06 bits per heavy atom. The van der Waals surface area contributed by atoms with E-state index in [-0.39, 0.29) is 5.91 Å². The molecule has 4 heteroatoms. The highest BCUT2D eigenvalue weighted by molar-refractivity contribution is 9.11. The summed E-state index contributed by atoms with van der Waals surface area (Å²) in [5.74, 6) is -0.132. The number of amides is 1. The lowest BCUT2D eigenvalue weighted by Gasteiger charge is -2.09. The van der Waals surface area contributed by atoms with Gasteiger partial charge in [-0.2, -0.15) is 0 Å². The van der Waals surface area contributed by atoms with Crippen LogP contribution in [0.1, 0.15) is 15.9 Å². The van der Waals surface area contributed by atoms with Crippen LogP contribution >= 0.6 is 31.9 Å². The molecule has 0 saturated carbocycles. The summed E-state index contributed by atoms with van der Waals surface area (Å²) in [6.45, 7) is 2.00. The number of halogens is 2. The van der Waals surface area contributed by atoms with E-state index in [2.05, 4.69) is 37.2 Å². The highest BCUT2D eigenvalue weighted by Crippen LogP contribution is 2.25. The lowest BCUT2D eigenvalue weighted by Crippen LogP contribution is -2.12. The van der Waals surface area contributed by atoms with Gasteiger partial charge in [0.05, 0.1) is 11.3 Å². The highest BCUT2D eigenvalue weighted by Gasteiger charge is 2.10. The summed E-state index contributed by atoms with van der Waals surface area (Å²) in [6, 6.07) is 13.2. The van der Waals surface area contributed by atoms with Gasteiger partial charge >= 0.3 is 0 Å². The Balaban J connectivity index is 2.24. The van der Waals surface area contributed by atoms with Gasteiger partial charge in [-0.3, -0.25) is 4.79 Å². The molecule has 0 saturated heterocycles. The van der Waals surface area contributed by atoms with E-state index < -0.39 is 0 Å². The summed E-state index contributed by atoms with van der Waals surface area (Å²) in [5, 5.41) is 2.88. The molecule has 0 spiro atoms. The second-order valence-corrected chi connectivity index (χ2v) is 5.63. The molecule has 1 N–H and O–H groups in total. The number of hydrogen-bond acceptors (Lipinski definition) is 1. The molecule has 0 unspecified atom stereocenters. The molecule has 0 fully saturated rings. The van der Waals surface area contributed by atoms with E-state index in [0.717, 1.165) is 20.2 Å². The predicted octanol–water partition coefficient (Wildman–Crippen LogP) is 4.77. The molecule has 2 nitrogen and oxygen atoms in total. The Bertz CT molecular complexity index is 596. The summed E-state index contributed by atoms with van der Waals surface area (Å²) in [6.07, 6.45) is 0. The van der Waals surface area contributed by atoms with E-state index in [9.17, 15) is 4.79 Å². The zero-order valence-electron chi connectivity index (χ0n) is 9.71. The lowest BCUT2D eigenvalue weighted by molar-refractivity contribution is 0.102. The standard InChI is InChI=1S/C14H11Br2NO/c1-9-6-7-13(12(16)8-9)17-14(18)10-4-2-3-5-11(10)15/h2-8H,1H3,(H,17,18). The number of anilines is 1. The van der Waals surface area contributed by atoms with Crippen LogP contribution < -0.4 is 5.32 Å². The lowest BCUT2D eigenvalue weighted by atomic mass is 10.2. The van der Waals surface area contributed by atoms with Gasteiger partial charge in [0.25, 0.3) is 5.91 Å². The zero-order chi connectivity index (χ0) is 13.1. The molecule has 2 aromatic carbocycles. The number of benzene rings is 2. The van der Waals surface area contributed by atoms with Gasteiger partial charge in [0.2, 0.25) is 0 Å². The first-order chi connectivity index (χ1) is 8.58. The van der Waals surface area contributed by atoms with Crippen LogP contribution in [0, 0.1) is 6.92 Å². The molecule has 0 aromatic heterocycles. The van der Waals surface area contributed by atoms with Gasteiger partial charge in [-0.05, 0) is 68.6 Å². The summed E-state index contributed by atoms with van der Waals surface area (Å²) in [5.41, 5.74) is 2.52. The highest BCUT2D eigenvalue weighted by atomic mass is 79.9. The largest absolute Gasteiger partial charge is 0.321 e. The van der Waals surface area contributed by atoms with Crippen molar-refractivity contribution in [2.24, 2.45) is 0 Å². The molecule has 0 bridgehead atoms. The minimum atomic E-state index is -0.132. The minimum absolute atomic E-state index is 0.132. The van der Waals surface area contributed by atoms with Gasteiger partial charge in [0.15, 0.2) is 0 Å². The molecule has 18 heavy (non-hydrogen) atoms. The Kier molecular flexibility index (Phi) is 4.19. The third-order valence-electron chi connectivity index (χ3n) is 2.49. The Hall–Kier alpha value is -1.13. The first-order valence-electron chi connectivity index (χ1n) is 5.40. The molecule has 1 amide bonds. The normalized spacial score (nSPS) is 10.2. The fourth-order valence-electron chi connectivity index (χ4n) is 1.56. The van der Waals surface area contributed by atoms with Crippen LogP contribution in [-0.4, -0.2) is 5.91 Å². The van der Waals surface area contributed by atoms with Gasteiger partial charge < -0.3 is 5.32 Å². The molecule has 0 atom stereocenters. The van der Waals surface area contributed by atoms with E-state index in [1.807, 2.05) is 43.3 Å². The monoisotopic (exact) mass is 367 g/mol. The fraction of sp³-hybridized carbons (Fsp3) is 0.0714. The first-order valence-corrected chi connectivity index (χ1v) is 6.98. The molecule has 2 rings (SSSR count). The van der Waals surface area contributed by atoms with Crippen LogP contribution in [0.3, 0.4) is 0 Å². The molecule has 92 valence electrons. The molecular formula is C14H11Br2NO. The topological polar surface area (TPSA) is 29.1 Å². The molecule has 0 radical (unpaired) electrons. The number of carbonyl (C=O) groups excluding carboxylic acids is 1. The van der Waals surface area contributed by atoms with Crippen LogP contribution in [0.5, 0.6) is 0 Å². The van der Waals surface area contributed by atoms with E-state index >= 15 is 0 Å². The molecule has 0 aliphatic heterocycles. The van der Waals surface area contributed by atoms with E-state index in [4.69, 9.17) is 0 Å². The van der Waals surface area contributed by atoms with Crippen molar-refractivity contribution in [3.63, 3.8) is 0 Å². The first kappa shape index (κ1) is 13.3. The Labute approximate surface area is 123 Å². The maximum absolute atomic E-state index is 12.1. The zero-order valence-corrected chi connectivity index (χ0v) is 12.9. The van der Waals surface area contributed by atoms with Crippen LogP contribution in [0.2, 0.25) is 0 Å². The van der Waals surface area contributed by atoms with Gasteiger partial charge in [-0.15, -0.1) is 0 Å². The second-order valence-electron chi connectivity index (χ2n) is 3.92. The van der Waals surface area contributed by atoms with Gasteiger partial charge in [0, 0.05) is 8.95 Å². The van der Waals surface area contributed by atoms with Gasteiger partial charge in [-0.25, -0.2) is 0 Å². The quantitative estimate of drug-likeness (QED) is 0.812. The SMILES string of the molecule is Cc1ccc(NC(=O)c2ccccc2Br)c(Br)c1. The molecule has 0 heterocycles. The fourth-order valence-corrected chi connectivity index (χ4v) is 2.61. The van der Waals surface area contributed by atoms with Gasteiger partial charge in [0.1, 0.15) is 0 Å². The summed E-state index contributed by atoms with van der Waals surface area (Å²) < 4.78 is 1.66. The van der Waals surface area contributed by atoms with Crippen molar-refractivity contribution in [1.29, 1.82) is 0 Å². The molecule has 0 aliphatic carbocycles. The number of carbonyl (C=O) groups is 1. The smallest absolute Gasteiger partial charge is 0.256 e. The number of hydrogen-bond donors (Lipinski definition) is 1. The second kappa shape index (κ2) is 5.67. The molecule has 2 aromatic rings. The molecular weight excluding hydrogens is 358 g/mol.